The van der Waals surface area contributed by atoms with Gasteiger partial charge in [0.15, 0.2) is 0 Å². The lowest BCUT2D eigenvalue weighted by atomic mass is 10.00. The van der Waals surface area contributed by atoms with Crippen LogP contribution in [0.5, 0.6) is 0 Å². The molecule has 1 heterocycles. The van der Waals surface area contributed by atoms with E-state index in [4.69, 9.17) is 5.73 Å². The molecule has 1 saturated heterocycles. The molecule has 0 spiro atoms. The number of anilines is 1. The van der Waals surface area contributed by atoms with E-state index >= 15 is 0 Å². The van der Waals surface area contributed by atoms with E-state index in [9.17, 15) is 14.0 Å². The molecule has 4 nitrogen and oxygen atoms in total. The van der Waals surface area contributed by atoms with E-state index in [0.29, 0.717) is 5.56 Å². The zero-order chi connectivity index (χ0) is 13.4. The lowest BCUT2D eigenvalue weighted by molar-refractivity contribution is -0.122. The highest BCUT2D eigenvalue weighted by atomic mass is 19.1. The molecule has 5 heteroatoms. The van der Waals surface area contributed by atoms with Crippen LogP contribution in [0.25, 0.3) is 0 Å². The van der Waals surface area contributed by atoms with Gasteiger partial charge in [0.2, 0.25) is 11.8 Å². The number of imide groups is 1. The van der Waals surface area contributed by atoms with Crippen molar-refractivity contribution in [1.29, 1.82) is 0 Å². The summed E-state index contributed by atoms with van der Waals surface area (Å²) >= 11 is 0. The van der Waals surface area contributed by atoms with Gasteiger partial charge in [0.1, 0.15) is 5.82 Å². The molecular formula is C13H15FN2O2. The first-order valence-corrected chi connectivity index (χ1v) is 5.83. The molecule has 96 valence electrons. The number of halogens is 1. The third-order valence-electron chi connectivity index (χ3n) is 3.46. The fourth-order valence-corrected chi connectivity index (χ4v) is 2.04. The smallest absolute Gasteiger partial charge is 0.237 e. The lowest BCUT2D eigenvalue weighted by Crippen LogP contribution is -2.31. The van der Waals surface area contributed by atoms with Crippen LogP contribution in [0.1, 0.15) is 19.4 Å². The van der Waals surface area contributed by atoms with E-state index < -0.39 is 17.7 Å². The summed E-state index contributed by atoms with van der Waals surface area (Å²) in [6, 6.07) is 4.30. The summed E-state index contributed by atoms with van der Waals surface area (Å²) in [7, 11) is 0. The molecule has 0 bridgehead atoms. The molecule has 0 saturated carbocycles. The molecule has 1 aromatic rings. The van der Waals surface area contributed by atoms with Crippen molar-refractivity contribution in [2.24, 2.45) is 17.6 Å². The van der Waals surface area contributed by atoms with Crippen LogP contribution in [-0.4, -0.2) is 11.8 Å². The Kier molecular flexibility index (Phi) is 3.17. The molecule has 2 rings (SSSR count). The van der Waals surface area contributed by atoms with Crippen molar-refractivity contribution in [2.45, 2.75) is 20.4 Å². The van der Waals surface area contributed by atoms with Crippen LogP contribution in [0, 0.1) is 17.7 Å². The zero-order valence-electron chi connectivity index (χ0n) is 10.3. The van der Waals surface area contributed by atoms with E-state index in [1.54, 1.807) is 19.9 Å². The number of benzene rings is 1. The second-order valence-corrected chi connectivity index (χ2v) is 4.58. The van der Waals surface area contributed by atoms with Gasteiger partial charge in [0.05, 0.1) is 5.69 Å². The molecule has 1 aliphatic rings. The number of hydrogen-bond donors (Lipinski definition) is 1. The zero-order valence-corrected chi connectivity index (χ0v) is 10.3. The van der Waals surface area contributed by atoms with Gasteiger partial charge in [0.25, 0.3) is 0 Å². The average Bonchev–Trinajstić information content (AvgIpc) is 2.55. The van der Waals surface area contributed by atoms with Gasteiger partial charge in [-0.1, -0.05) is 19.9 Å². The molecule has 2 N–H and O–H groups in total. The molecule has 0 aromatic heterocycles. The summed E-state index contributed by atoms with van der Waals surface area (Å²) in [6.45, 7) is 3.57. The standard InChI is InChI=1S/C13H15FN2O2/c1-7-8(2)13(18)16(12(7)17)11-4-3-9(6-15)5-10(11)14/h3-5,7-8H,6,15H2,1-2H3. The van der Waals surface area contributed by atoms with Crippen LogP contribution in [0.3, 0.4) is 0 Å². The van der Waals surface area contributed by atoms with Crippen molar-refractivity contribution in [3.63, 3.8) is 0 Å². The Morgan fingerprint density at radius 1 is 1.22 bits per heavy atom. The van der Waals surface area contributed by atoms with E-state index in [1.165, 1.54) is 12.1 Å². The number of amides is 2. The van der Waals surface area contributed by atoms with Crippen molar-refractivity contribution in [3.05, 3.63) is 29.6 Å². The Labute approximate surface area is 105 Å². The van der Waals surface area contributed by atoms with Crippen LogP contribution >= 0.6 is 0 Å². The molecule has 2 amide bonds. The number of nitrogens with two attached hydrogens (primary N) is 1. The number of rotatable bonds is 2. The highest BCUT2D eigenvalue weighted by Gasteiger charge is 2.43. The van der Waals surface area contributed by atoms with E-state index in [1.807, 2.05) is 0 Å². The summed E-state index contributed by atoms with van der Waals surface area (Å²) in [4.78, 5) is 24.8. The fourth-order valence-electron chi connectivity index (χ4n) is 2.04. The Morgan fingerprint density at radius 3 is 2.22 bits per heavy atom. The van der Waals surface area contributed by atoms with E-state index in [2.05, 4.69) is 0 Å². The highest BCUT2D eigenvalue weighted by Crippen LogP contribution is 2.32. The number of carbonyl (C=O) groups excluding carboxylic acids is 2. The van der Waals surface area contributed by atoms with Gasteiger partial charge in [-0.2, -0.15) is 0 Å². The van der Waals surface area contributed by atoms with Gasteiger partial charge < -0.3 is 5.73 Å². The first kappa shape index (κ1) is 12.7. The van der Waals surface area contributed by atoms with Crippen molar-refractivity contribution < 1.29 is 14.0 Å². The normalized spacial score (nSPS) is 23.9. The van der Waals surface area contributed by atoms with Crippen LogP contribution in [0.15, 0.2) is 18.2 Å². The summed E-state index contributed by atoms with van der Waals surface area (Å²) in [6.07, 6.45) is 0. The molecule has 18 heavy (non-hydrogen) atoms. The molecule has 0 radical (unpaired) electrons. The van der Waals surface area contributed by atoms with Crippen molar-refractivity contribution in [3.8, 4) is 0 Å². The van der Waals surface area contributed by atoms with Crippen LogP contribution in [-0.2, 0) is 16.1 Å². The summed E-state index contributed by atoms with van der Waals surface area (Å²) in [5, 5.41) is 0. The van der Waals surface area contributed by atoms with Gasteiger partial charge in [-0.3, -0.25) is 9.59 Å². The van der Waals surface area contributed by atoms with Crippen molar-refractivity contribution >= 4 is 17.5 Å². The topological polar surface area (TPSA) is 63.4 Å². The van der Waals surface area contributed by atoms with Gasteiger partial charge in [-0.05, 0) is 17.7 Å². The number of carbonyl (C=O) groups is 2. The first-order chi connectivity index (χ1) is 8.47. The largest absolute Gasteiger partial charge is 0.326 e. The third kappa shape index (κ3) is 1.80. The minimum atomic E-state index is -0.596. The molecule has 1 aliphatic heterocycles. The van der Waals surface area contributed by atoms with Gasteiger partial charge in [-0.25, -0.2) is 9.29 Å². The Morgan fingerprint density at radius 2 is 1.78 bits per heavy atom. The maximum absolute atomic E-state index is 13.9. The number of nitrogens with zero attached hydrogens (tertiary/aromatic N) is 1. The summed E-state index contributed by atoms with van der Waals surface area (Å²) in [5.74, 6) is -2.13. The summed E-state index contributed by atoms with van der Waals surface area (Å²) in [5.41, 5.74) is 6.04. The van der Waals surface area contributed by atoms with Crippen molar-refractivity contribution in [2.75, 3.05) is 4.90 Å². The lowest BCUT2D eigenvalue weighted by Gasteiger charge is -2.16. The maximum Gasteiger partial charge on any atom is 0.237 e. The second-order valence-electron chi connectivity index (χ2n) is 4.58. The van der Waals surface area contributed by atoms with Crippen molar-refractivity contribution in [1.82, 2.24) is 0 Å². The quantitative estimate of drug-likeness (QED) is 0.808. The minimum Gasteiger partial charge on any atom is -0.326 e. The summed E-state index contributed by atoms with van der Waals surface area (Å²) < 4.78 is 13.9. The average molecular weight is 250 g/mol. The van der Waals surface area contributed by atoms with Crippen LogP contribution < -0.4 is 10.6 Å². The fraction of sp³-hybridized carbons (Fsp3) is 0.385. The molecule has 2 unspecified atom stereocenters. The Bertz CT molecular complexity index is 496. The van der Waals surface area contributed by atoms with E-state index in [-0.39, 0.29) is 24.0 Å². The van der Waals surface area contributed by atoms with Gasteiger partial charge >= 0.3 is 0 Å². The van der Waals surface area contributed by atoms with Crippen LogP contribution in [0.4, 0.5) is 10.1 Å². The maximum atomic E-state index is 13.9. The van der Waals surface area contributed by atoms with Gasteiger partial charge in [0, 0.05) is 18.4 Å². The third-order valence-corrected chi connectivity index (χ3v) is 3.46. The first-order valence-electron chi connectivity index (χ1n) is 5.83. The molecule has 1 aromatic carbocycles. The number of hydrogen-bond acceptors (Lipinski definition) is 3. The van der Waals surface area contributed by atoms with E-state index in [0.717, 1.165) is 4.90 Å². The Balaban J connectivity index is 2.43. The molecular weight excluding hydrogens is 235 g/mol. The minimum absolute atomic E-state index is 0.0124. The second kappa shape index (κ2) is 4.49. The molecule has 0 aliphatic carbocycles. The van der Waals surface area contributed by atoms with Crippen LogP contribution in [0.2, 0.25) is 0 Å². The predicted octanol–water partition coefficient (Wildman–Crippen LogP) is 1.43. The SMILES string of the molecule is CC1C(=O)N(c2ccc(CN)cc2F)C(=O)C1C. The Hall–Kier alpha value is -1.75. The van der Waals surface area contributed by atoms with Gasteiger partial charge in [-0.15, -0.1) is 0 Å². The molecule has 1 fully saturated rings. The molecule has 2 atom stereocenters. The highest BCUT2D eigenvalue weighted by molar-refractivity contribution is 6.21. The predicted molar refractivity (Wildman–Crippen MR) is 65.1 cm³/mol. The monoisotopic (exact) mass is 250 g/mol.